The molecule has 0 saturated carbocycles. The molecule has 2 heterocycles. The second kappa shape index (κ2) is 7.91. The number of nitrogens with zero attached hydrogens (tertiary/aromatic N) is 4. The number of imidazole rings is 1. The van der Waals surface area contributed by atoms with Crippen LogP contribution < -0.4 is 5.32 Å². The van der Waals surface area contributed by atoms with Gasteiger partial charge in [0, 0.05) is 24.3 Å². The first-order valence-corrected chi connectivity index (χ1v) is 9.87. The number of amides is 1. The maximum Gasteiger partial charge on any atom is 0.251 e. The Morgan fingerprint density at radius 2 is 1.79 bits per heavy atom. The Morgan fingerprint density at radius 1 is 1.03 bits per heavy atom. The number of carbonyl (C=O) groups is 1. The van der Waals surface area contributed by atoms with Crippen molar-refractivity contribution in [3.63, 3.8) is 0 Å². The zero-order valence-electron chi connectivity index (χ0n) is 17.0. The lowest BCUT2D eigenvalue weighted by molar-refractivity contribution is 0.0953. The number of aryl methyl sites for hydroxylation is 4. The van der Waals surface area contributed by atoms with Crippen LogP contribution in [-0.2, 0) is 6.54 Å². The Balaban J connectivity index is 1.34. The molecule has 0 bridgehead atoms. The van der Waals surface area contributed by atoms with Gasteiger partial charge < -0.3 is 9.88 Å². The number of carbonyl (C=O) groups excluding carboxylic acids is 1. The van der Waals surface area contributed by atoms with Crippen molar-refractivity contribution in [2.45, 2.75) is 33.7 Å². The highest BCUT2D eigenvalue weighted by atomic mass is 16.1. The van der Waals surface area contributed by atoms with Crippen LogP contribution in [0.2, 0.25) is 0 Å². The molecule has 1 amide bonds. The van der Waals surface area contributed by atoms with Crippen LogP contribution in [0.5, 0.6) is 0 Å². The lowest BCUT2D eigenvalue weighted by Gasteiger charge is -2.09. The number of fused-ring (bicyclic) bond motifs is 1. The van der Waals surface area contributed by atoms with Crippen LogP contribution in [-0.4, -0.2) is 31.8 Å². The molecule has 4 aromatic rings. The van der Waals surface area contributed by atoms with Crippen molar-refractivity contribution >= 4 is 16.9 Å². The number of hydrogen-bond donors (Lipinski definition) is 1. The number of hydrogen-bond acceptors (Lipinski definition) is 3. The van der Waals surface area contributed by atoms with Crippen molar-refractivity contribution in [3.8, 4) is 5.69 Å². The minimum absolute atomic E-state index is 0.0582. The molecule has 0 unspecified atom stereocenters. The van der Waals surface area contributed by atoms with Crippen LogP contribution >= 0.6 is 0 Å². The van der Waals surface area contributed by atoms with Crippen molar-refractivity contribution in [1.82, 2.24) is 24.6 Å². The van der Waals surface area contributed by atoms with Crippen LogP contribution in [0.4, 0.5) is 0 Å². The summed E-state index contributed by atoms with van der Waals surface area (Å²) >= 11 is 0. The van der Waals surface area contributed by atoms with Crippen LogP contribution in [0.3, 0.4) is 0 Å². The molecule has 6 heteroatoms. The van der Waals surface area contributed by atoms with Crippen molar-refractivity contribution < 1.29 is 4.79 Å². The van der Waals surface area contributed by atoms with E-state index >= 15 is 0 Å². The standard InChI is InChI=1S/C23H25N5O/c1-16-15-17(2)28(26-16)20-11-9-19(10-12-20)23(29)24-13-6-14-27-18(3)25-21-7-4-5-8-22(21)27/h4-5,7-12,15H,6,13-14H2,1-3H3,(H,24,29). The molecule has 0 spiro atoms. The summed E-state index contributed by atoms with van der Waals surface area (Å²) in [6.07, 6.45) is 0.844. The molecule has 2 aromatic heterocycles. The number of aromatic nitrogens is 4. The molecule has 0 saturated heterocycles. The van der Waals surface area contributed by atoms with Gasteiger partial charge in [-0.15, -0.1) is 0 Å². The summed E-state index contributed by atoms with van der Waals surface area (Å²) in [5, 5.41) is 7.49. The highest BCUT2D eigenvalue weighted by Gasteiger charge is 2.09. The Bertz CT molecular complexity index is 1150. The predicted molar refractivity (Wildman–Crippen MR) is 114 cm³/mol. The van der Waals surface area contributed by atoms with Crippen molar-refractivity contribution in [2.24, 2.45) is 0 Å². The normalized spacial score (nSPS) is 11.1. The molecule has 6 nitrogen and oxygen atoms in total. The van der Waals surface area contributed by atoms with Gasteiger partial charge in [-0.2, -0.15) is 5.10 Å². The van der Waals surface area contributed by atoms with Gasteiger partial charge >= 0.3 is 0 Å². The molecule has 0 atom stereocenters. The van der Waals surface area contributed by atoms with E-state index in [-0.39, 0.29) is 5.91 Å². The lowest BCUT2D eigenvalue weighted by atomic mass is 10.2. The molecular weight excluding hydrogens is 362 g/mol. The largest absolute Gasteiger partial charge is 0.352 e. The summed E-state index contributed by atoms with van der Waals surface area (Å²) in [5.74, 6) is 0.939. The van der Waals surface area contributed by atoms with Crippen LogP contribution in [0.1, 0.15) is 34.0 Å². The average Bonchev–Trinajstić information content (AvgIpc) is 3.23. The molecule has 1 N–H and O–H groups in total. The van der Waals surface area contributed by atoms with Crippen molar-refractivity contribution in [1.29, 1.82) is 0 Å². The van der Waals surface area contributed by atoms with Crippen LogP contribution in [0.15, 0.2) is 54.6 Å². The highest BCUT2D eigenvalue weighted by molar-refractivity contribution is 5.94. The minimum Gasteiger partial charge on any atom is -0.352 e. The van der Waals surface area contributed by atoms with Gasteiger partial charge in [0.05, 0.1) is 22.4 Å². The van der Waals surface area contributed by atoms with Gasteiger partial charge in [-0.25, -0.2) is 9.67 Å². The van der Waals surface area contributed by atoms with E-state index < -0.39 is 0 Å². The average molecular weight is 387 g/mol. The quantitative estimate of drug-likeness (QED) is 0.509. The summed E-state index contributed by atoms with van der Waals surface area (Å²) in [6, 6.07) is 17.7. The Morgan fingerprint density at radius 3 is 2.52 bits per heavy atom. The molecule has 148 valence electrons. The van der Waals surface area contributed by atoms with Gasteiger partial charge in [-0.1, -0.05) is 12.1 Å². The molecule has 0 aliphatic rings. The van der Waals surface area contributed by atoms with Crippen molar-refractivity contribution in [2.75, 3.05) is 6.54 Å². The Hall–Kier alpha value is -3.41. The van der Waals surface area contributed by atoms with Gasteiger partial charge in [-0.3, -0.25) is 4.79 Å². The molecule has 0 fully saturated rings. The van der Waals surface area contributed by atoms with Gasteiger partial charge in [0.2, 0.25) is 0 Å². The van der Waals surface area contributed by atoms with Crippen LogP contribution in [0.25, 0.3) is 16.7 Å². The second-order valence-corrected chi connectivity index (χ2v) is 7.29. The smallest absolute Gasteiger partial charge is 0.251 e. The topological polar surface area (TPSA) is 64.7 Å². The van der Waals surface area contributed by atoms with Gasteiger partial charge in [0.15, 0.2) is 0 Å². The Kier molecular flexibility index (Phi) is 5.16. The Labute approximate surface area is 170 Å². The third-order valence-electron chi connectivity index (χ3n) is 5.07. The predicted octanol–water partition coefficient (Wildman–Crippen LogP) is 3.97. The molecular formula is C23H25N5O. The van der Waals surface area contributed by atoms with E-state index in [4.69, 9.17) is 0 Å². The van der Waals surface area contributed by atoms with E-state index in [9.17, 15) is 4.79 Å². The molecule has 0 radical (unpaired) electrons. The van der Waals surface area contributed by atoms with E-state index in [0.717, 1.165) is 46.9 Å². The van der Waals surface area contributed by atoms with E-state index in [0.29, 0.717) is 12.1 Å². The second-order valence-electron chi connectivity index (χ2n) is 7.29. The maximum absolute atomic E-state index is 12.5. The third kappa shape index (κ3) is 3.92. The summed E-state index contributed by atoms with van der Waals surface area (Å²) < 4.78 is 4.08. The summed E-state index contributed by atoms with van der Waals surface area (Å²) in [5.41, 5.74) is 5.80. The number of benzene rings is 2. The molecule has 0 aliphatic carbocycles. The monoisotopic (exact) mass is 387 g/mol. The highest BCUT2D eigenvalue weighted by Crippen LogP contribution is 2.16. The summed E-state index contributed by atoms with van der Waals surface area (Å²) in [7, 11) is 0. The van der Waals surface area contributed by atoms with E-state index in [1.807, 2.05) is 74.0 Å². The fourth-order valence-electron chi connectivity index (χ4n) is 3.66. The van der Waals surface area contributed by atoms with Gasteiger partial charge in [0.1, 0.15) is 5.82 Å². The summed E-state index contributed by atoms with van der Waals surface area (Å²) in [4.78, 5) is 17.0. The maximum atomic E-state index is 12.5. The first-order chi connectivity index (χ1) is 14.0. The zero-order valence-corrected chi connectivity index (χ0v) is 17.0. The molecule has 0 aliphatic heterocycles. The molecule has 2 aromatic carbocycles. The number of nitrogens with one attached hydrogen (secondary N) is 1. The minimum atomic E-state index is -0.0582. The fourth-order valence-corrected chi connectivity index (χ4v) is 3.66. The van der Waals surface area contributed by atoms with Crippen LogP contribution in [0, 0.1) is 20.8 Å². The SMILES string of the molecule is Cc1cc(C)n(-c2ccc(C(=O)NCCCn3c(C)nc4ccccc43)cc2)n1. The first-order valence-electron chi connectivity index (χ1n) is 9.87. The van der Waals surface area contributed by atoms with Gasteiger partial charge in [-0.05, 0) is 69.7 Å². The first kappa shape index (κ1) is 18.9. The molecule has 29 heavy (non-hydrogen) atoms. The van der Waals surface area contributed by atoms with E-state index in [1.165, 1.54) is 0 Å². The fraction of sp³-hybridized carbons (Fsp3) is 0.261. The third-order valence-corrected chi connectivity index (χ3v) is 5.07. The zero-order chi connectivity index (χ0) is 20.4. The lowest BCUT2D eigenvalue weighted by Crippen LogP contribution is -2.25. The van der Waals surface area contributed by atoms with E-state index in [1.54, 1.807) is 0 Å². The molecule has 4 rings (SSSR count). The number of para-hydroxylation sites is 2. The van der Waals surface area contributed by atoms with Crippen molar-refractivity contribution in [3.05, 3.63) is 77.4 Å². The van der Waals surface area contributed by atoms with Gasteiger partial charge in [0.25, 0.3) is 5.91 Å². The van der Waals surface area contributed by atoms with E-state index in [2.05, 4.69) is 26.0 Å². The summed E-state index contributed by atoms with van der Waals surface area (Å²) in [6.45, 7) is 7.45. The number of rotatable bonds is 6.